The molecule has 2 unspecified atom stereocenters. The van der Waals surface area contributed by atoms with Gasteiger partial charge < -0.3 is 5.32 Å². The van der Waals surface area contributed by atoms with Crippen LogP contribution in [-0.4, -0.2) is 30.6 Å². The van der Waals surface area contributed by atoms with Gasteiger partial charge in [-0.1, -0.05) is 35.7 Å². The van der Waals surface area contributed by atoms with Crippen LogP contribution in [-0.2, 0) is 0 Å². The molecule has 2 atom stereocenters. The third kappa shape index (κ3) is 4.36. The van der Waals surface area contributed by atoms with Gasteiger partial charge in [-0.15, -0.1) is 0 Å². The van der Waals surface area contributed by atoms with Crippen molar-refractivity contribution in [2.24, 2.45) is 0 Å². The predicted molar refractivity (Wildman–Crippen MR) is 87.8 cm³/mol. The third-order valence-electron chi connectivity index (χ3n) is 4.16. The van der Waals surface area contributed by atoms with Crippen LogP contribution in [0.25, 0.3) is 0 Å². The van der Waals surface area contributed by atoms with Gasteiger partial charge in [0.1, 0.15) is 0 Å². The topological polar surface area (TPSA) is 15.3 Å². The quantitative estimate of drug-likeness (QED) is 0.859. The molecule has 0 aromatic heterocycles. The fraction of sp³-hybridized carbons (Fsp3) is 0.625. The molecule has 0 amide bonds. The van der Waals surface area contributed by atoms with Crippen molar-refractivity contribution in [3.63, 3.8) is 0 Å². The van der Waals surface area contributed by atoms with Crippen molar-refractivity contribution in [3.05, 3.63) is 33.8 Å². The number of likely N-dealkylation sites (tertiary alicyclic amines) is 1. The van der Waals surface area contributed by atoms with E-state index in [0.717, 1.165) is 17.1 Å². The minimum Gasteiger partial charge on any atom is -0.309 e. The lowest BCUT2D eigenvalue weighted by atomic mass is 10.1. The van der Waals surface area contributed by atoms with Crippen LogP contribution in [0.4, 0.5) is 0 Å². The normalized spacial score (nSPS) is 19.8. The maximum Gasteiger partial charge on any atom is 0.0468 e. The number of rotatable bonds is 5. The number of benzene rings is 1. The van der Waals surface area contributed by atoms with E-state index < -0.39 is 0 Å². The smallest absolute Gasteiger partial charge is 0.0468 e. The Morgan fingerprint density at radius 2 is 1.85 bits per heavy atom. The fourth-order valence-electron chi connectivity index (χ4n) is 2.80. The van der Waals surface area contributed by atoms with Gasteiger partial charge in [0.15, 0.2) is 0 Å². The van der Waals surface area contributed by atoms with Gasteiger partial charge in [-0.25, -0.2) is 0 Å². The molecular formula is C16H24Cl2N2. The molecule has 2 rings (SSSR count). The molecule has 4 heteroatoms. The van der Waals surface area contributed by atoms with Gasteiger partial charge in [0.25, 0.3) is 0 Å². The molecule has 0 saturated carbocycles. The molecule has 20 heavy (non-hydrogen) atoms. The minimum absolute atomic E-state index is 0.243. The Kier molecular flexibility index (Phi) is 6.16. The second-order valence-electron chi connectivity index (χ2n) is 5.74. The van der Waals surface area contributed by atoms with Gasteiger partial charge in [-0.05, 0) is 57.5 Å². The molecular weight excluding hydrogens is 291 g/mol. The van der Waals surface area contributed by atoms with Gasteiger partial charge in [0.2, 0.25) is 0 Å². The molecule has 1 N–H and O–H groups in total. The van der Waals surface area contributed by atoms with E-state index in [9.17, 15) is 0 Å². The van der Waals surface area contributed by atoms with Crippen LogP contribution in [0.15, 0.2) is 18.2 Å². The van der Waals surface area contributed by atoms with Gasteiger partial charge in [-0.3, -0.25) is 4.90 Å². The maximum atomic E-state index is 6.25. The SMILES string of the molecule is CC(NCC(C)N1CCCCC1)c1ccc(Cl)cc1Cl. The zero-order chi connectivity index (χ0) is 14.5. The second kappa shape index (κ2) is 7.65. The number of piperidine rings is 1. The molecule has 112 valence electrons. The van der Waals surface area contributed by atoms with E-state index in [1.54, 1.807) is 0 Å². The first-order chi connectivity index (χ1) is 9.58. The zero-order valence-corrected chi connectivity index (χ0v) is 13.8. The summed E-state index contributed by atoms with van der Waals surface area (Å²) in [5.74, 6) is 0. The summed E-state index contributed by atoms with van der Waals surface area (Å²) in [6.45, 7) is 7.91. The number of halogens is 2. The third-order valence-corrected chi connectivity index (χ3v) is 4.72. The minimum atomic E-state index is 0.243. The van der Waals surface area contributed by atoms with Crippen LogP contribution in [0, 0.1) is 0 Å². The lowest BCUT2D eigenvalue weighted by Gasteiger charge is -2.33. The van der Waals surface area contributed by atoms with Crippen LogP contribution >= 0.6 is 23.2 Å². The average Bonchev–Trinajstić information content (AvgIpc) is 2.45. The van der Waals surface area contributed by atoms with Crippen molar-refractivity contribution >= 4 is 23.2 Å². The van der Waals surface area contributed by atoms with Gasteiger partial charge in [0, 0.05) is 28.7 Å². The lowest BCUT2D eigenvalue weighted by Crippen LogP contribution is -2.43. The standard InChI is InChI=1S/C16H24Cl2N2/c1-12(20-8-4-3-5-9-20)11-19-13(2)15-7-6-14(17)10-16(15)18/h6-7,10,12-13,19H,3-5,8-9,11H2,1-2H3. The van der Waals surface area contributed by atoms with Crippen LogP contribution in [0.3, 0.4) is 0 Å². The Morgan fingerprint density at radius 1 is 1.15 bits per heavy atom. The number of hydrogen-bond acceptors (Lipinski definition) is 2. The molecule has 1 aliphatic rings. The van der Waals surface area contributed by atoms with Crippen LogP contribution in [0.2, 0.25) is 10.0 Å². The molecule has 1 aromatic carbocycles. The van der Waals surface area contributed by atoms with Crippen molar-refractivity contribution in [1.82, 2.24) is 10.2 Å². The molecule has 2 nitrogen and oxygen atoms in total. The predicted octanol–water partition coefficient (Wildman–Crippen LogP) is 4.52. The first kappa shape index (κ1) is 16.1. The molecule has 1 heterocycles. The van der Waals surface area contributed by atoms with E-state index in [-0.39, 0.29) is 6.04 Å². The Hall–Kier alpha value is -0.280. The molecule has 1 fully saturated rings. The molecule has 1 aromatic rings. The summed E-state index contributed by atoms with van der Waals surface area (Å²) in [5.41, 5.74) is 1.11. The molecule has 1 aliphatic heterocycles. The van der Waals surface area contributed by atoms with Gasteiger partial charge >= 0.3 is 0 Å². The van der Waals surface area contributed by atoms with Crippen LogP contribution < -0.4 is 5.32 Å². The van der Waals surface area contributed by atoms with Crippen molar-refractivity contribution < 1.29 is 0 Å². The number of hydrogen-bond donors (Lipinski definition) is 1. The monoisotopic (exact) mass is 314 g/mol. The largest absolute Gasteiger partial charge is 0.309 e. The summed E-state index contributed by atoms with van der Waals surface area (Å²) in [5, 5.41) is 5.01. The van der Waals surface area contributed by atoms with E-state index in [4.69, 9.17) is 23.2 Å². The van der Waals surface area contributed by atoms with E-state index >= 15 is 0 Å². The fourth-order valence-corrected chi connectivity index (χ4v) is 3.37. The molecule has 0 spiro atoms. The van der Waals surface area contributed by atoms with E-state index in [0.29, 0.717) is 11.1 Å². The van der Waals surface area contributed by atoms with Crippen LogP contribution in [0.1, 0.15) is 44.7 Å². The zero-order valence-electron chi connectivity index (χ0n) is 12.3. The average molecular weight is 315 g/mol. The summed E-state index contributed by atoms with van der Waals surface area (Å²) in [4.78, 5) is 2.58. The van der Waals surface area contributed by atoms with Crippen LogP contribution in [0.5, 0.6) is 0 Å². The first-order valence-corrected chi connectivity index (χ1v) is 8.26. The highest BCUT2D eigenvalue weighted by Gasteiger charge is 2.17. The highest BCUT2D eigenvalue weighted by atomic mass is 35.5. The van der Waals surface area contributed by atoms with Crippen molar-refractivity contribution in [1.29, 1.82) is 0 Å². The summed E-state index contributed by atoms with van der Waals surface area (Å²) < 4.78 is 0. The molecule has 0 bridgehead atoms. The maximum absolute atomic E-state index is 6.25. The van der Waals surface area contributed by atoms with Crippen molar-refractivity contribution in [2.45, 2.75) is 45.2 Å². The lowest BCUT2D eigenvalue weighted by molar-refractivity contribution is 0.168. The number of nitrogens with one attached hydrogen (secondary N) is 1. The van der Waals surface area contributed by atoms with E-state index in [2.05, 4.69) is 24.1 Å². The molecule has 0 radical (unpaired) electrons. The summed E-state index contributed by atoms with van der Waals surface area (Å²) in [7, 11) is 0. The molecule has 0 aliphatic carbocycles. The van der Waals surface area contributed by atoms with Crippen molar-refractivity contribution in [2.75, 3.05) is 19.6 Å². The Bertz CT molecular complexity index is 430. The highest BCUT2D eigenvalue weighted by molar-refractivity contribution is 6.35. The Morgan fingerprint density at radius 3 is 2.50 bits per heavy atom. The second-order valence-corrected chi connectivity index (χ2v) is 6.59. The summed E-state index contributed by atoms with van der Waals surface area (Å²) in [6.07, 6.45) is 4.05. The van der Waals surface area contributed by atoms with Crippen molar-refractivity contribution in [3.8, 4) is 0 Å². The van der Waals surface area contributed by atoms with Gasteiger partial charge in [-0.2, -0.15) is 0 Å². The summed E-state index contributed by atoms with van der Waals surface area (Å²) >= 11 is 12.2. The Balaban J connectivity index is 1.86. The van der Waals surface area contributed by atoms with Gasteiger partial charge in [0.05, 0.1) is 0 Å². The highest BCUT2D eigenvalue weighted by Crippen LogP contribution is 2.26. The van der Waals surface area contributed by atoms with E-state index in [1.807, 2.05) is 18.2 Å². The summed E-state index contributed by atoms with van der Waals surface area (Å²) in [6, 6.07) is 6.53. The van der Waals surface area contributed by atoms with E-state index in [1.165, 1.54) is 32.4 Å². The Labute approximate surface area is 132 Å². The molecule has 1 saturated heterocycles. The number of nitrogens with zero attached hydrogens (tertiary/aromatic N) is 1. The first-order valence-electron chi connectivity index (χ1n) is 7.50.